The minimum Gasteiger partial charge on any atom is -0.368 e. The molecule has 0 saturated carbocycles. The first kappa shape index (κ1) is 19.8. The number of alkyl halides is 3. The van der Waals surface area contributed by atoms with Crippen LogP contribution in [0.2, 0.25) is 10.0 Å². The predicted octanol–water partition coefficient (Wildman–Crippen LogP) is 3.99. The zero-order valence-corrected chi connectivity index (χ0v) is 15.5. The number of primary amides is 1. The number of piperazine rings is 1. The van der Waals surface area contributed by atoms with E-state index in [0.29, 0.717) is 31.9 Å². The van der Waals surface area contributed by atoms with Gasteiger partial charge in [0.05, 0.1) is 21.2 Å². The molecule has 0 aliphatic carbocycles. The molecule has 0 aromatic heterocycles. The SMILES string of the molecule is NC(=O)c1[c]c(N2CCNCC2)cc(-c2ccc(Cl)c(Cl)c2)c1C(F)(F)F. The van der Waals surface area contributed by atoms with Crippen LogP contribution in [0.3, 0.4) is 0 Å². The van der Waals surface area contributed by atoms with Gasteiger partial charge in [-0.3, -0.25) is 4.79 Å². The van der Waals surface area contributed by atoms with Gasteiger partial charge in [-0.05, 0) is 29.3 Å². The number of halogens is 5. The van der Waals surface area contributed by atoms with Gasteiger partial charge in [0.1, 0.15) is 0 Å². The summed E-state index contributed by atoms with van der Waals surface area (Å²) in [7, 11) is 0. The summed E-state index contributed by atoms with van der Waals surface area (Å²) in [5.74, 6) is -1.19. The molecule has 0 bridgehead atoms. The number of hydrogen-bond acceptors (Lipinski definition) is 3. The van der Waals surface area contributed by atoms with Crippen LogP contribution in [-0.2, 0) is 6.18 Å². The Morgan fingerprint density at radius 3 is 2.37 bits per heavy atom. The molecule has 1 radical (unpaired) electrons. The van der Waals surface area contributed by atoms with E-state index in [9.17, 15) is 18.0 Å². The first-order valence-electron chi connectivity index (χ1n) is 8.07. The van der Waals surface area contributed by atoms with Crippen molar-refractivity contribution in [3.8, 4) is 11.1 Å². The molecule has 0 spiro atoms. The number of carbonyl (C=O) groups excluding carboxylic acids is 1. The van der Waals surface area contributed by atoms with E-state index in [2.05, 4.69) is 11.4 Å². The van der Waals surface area contributed by atoms with Gasteiger partial charge in [-0.1, -0.05) is 29.3 Å². The maximum absolute atomic E-state index is 13.8. The van der Waals surface area contributed by atoms with Gasteiger partial charge in [0.15, 0.2) is 0 Å². The Hall–Kier alpha value is -1.96. The van der Waals surface area contributed by atoms with E-state index < -0.39 is 23.2 Å². The molecule has 9 heteroatoms. The maximum atomic E-state index is 13.8. The lowest BCUT2D eigenvalue weighted by molar-refractivity contribution is -0.137. The van der Waals surface area contributed by atoms with Crippen molar-refractivity contribution in [3.63, 3.8) is 0 Å². The number of nitrogens with zero attached hydrogens (tertiary/aromatic N) is 1. The van der Waals surface area contributed by atoms with Gasteiger partial charge in [0.25, 0.3) is 0 Å². The third-order valence-corrected chi connectivity index (χ3v) is 5.01. The summed E-state index contributed by atoms with van der Waals surface area (Å²) >= 11 is 11.9. The third kappa shape index (κ3) is 4.15. The Morgan fingerprint density at radius 2 is 1.81 bits per heavy atom. The molecule has 0 atom stereocenters. The van der Waals surface area contributed by atoms with Crippen LogP contribution >= 0.6 is 23.2 Å². The molecule has 1 aliphatic heterocycles. The molecular formula is C18H15Cl2F3N3O. The summed E-state index contributed by atoms with van der Waals surface area (Å²) in [6, 6.07) is 8.09. The summed E-state index contributed by atoms with van der Waals surface area (Å²) < 4.78 is 41.4. The molecule has 4 nitrogen and oxygen atoms in total. The summed E-state index contributed by atoms with van der Waals surface area (Å²) in [6.45, 7) is 2.48. The van der Waals surface area contributed by atoms with Gasteiger partial charge in [0, 0.05) is 37.9 Å². The average Bonchev–Trinajstić information content (AvgIpc) is 2.62. The second kappa shape index (κ2) is 7.58. The summed E-state index contributed by atoms with van der Waals surface area (Å²) in [6.07, 6.45) is -4.80. The Kier molecular flexibility index (Phi) is 5.55. The first-order valence-corrected chi connectivity index (χ1v) is 8.82. The quantitative estimate of drug-likeness (QED) is 0.795. The number of nitrogens with one attached hydrogen (secondary N) is 1. The predicted molar refractivity (Wildman–Crippen MR) is 99.3 cm³/mol. The van der Waals surface area contributed by atoms with Gasteiger partial charge in [-0.2, -0.15) is 13.2 Å². The third-order valence-electron chi connectivity index (χ3n) is 4.27. The Labute approximate surface area is 164 Å². The van der Waals surface area contributed by atoms with Crippen LogP contribution in [0.5, 0.6) is 0 Å². The number of amides is 1. The van der Waals surface area contributed by atoms with Crippen LogP contribution in [0, 0.1) is 6.07 Å². The van der Waals surface area contributed by atoms with Crippen molar-refractivity contribution in [2.45, 2.75) is 6.18 Å². The van der Waals surface area contributed by atoms with E-state index in [4.69, 9.17) is 28.9 Å². The molecule has 27 heavy (non-hydrogen) atoms. The van der Waals surface area contributed by atoms with Crippen molar-refractivity contribution in [3.05, 3.63) is 51.5 Å². The molecule has 1 amide bonds. The van der Waals surface area contributed by atoms with Crippen molar-refractivity contribution in [2.75, 3.05) is 31.1 Å². The van der Waals surface area contributed by atoms with Crippen LogP contribution in [0.4, 0.5) is 18.9 Å². The van der Waals surface area contributed by atoms with E-state index in [0.717, 1.165) is 0 Å². The highest BCUT2D eigenvalue weighted by Crippen LogP contribution is 2.42. The number of anilines is 1. The molecule has 2 aromatic carbocycles. The van der Waals surface area contributed by atoms with Gasteiger partial charge in [-0.15, -0.1) is 0 Å². The number of benzene rings is 2. The maximum Gasteiger partial charge on any atom is 0.417 e. The lowest BCUT2D eigenvalue weighted by Gasteiger charge is -2.30. The molecule has 1 heterocycles. The number of nitrogens with two attached hydrogens (primary N) is 1. The van der Waals surface area contributed by atoms with Crippen molar-refractivity contribution >= 4 is 34.8 Å². The van der Waals surface area contributed by atoms with E-state index in [1.165, 1.54) is 24.3 Å². The van der Waals surface area contributed by atoms with Crippen molar-refractivity contribution in [1.29, 1.82) is 0 Å². The monoisotopic (exact) mass is 416 g/mol. The standard InChI is InChI=1S/C18H15Cl2F3N3O/c19-14-2-1-10(7-15(14)20)12-8-11(26-5-3-25-4-6-26)9-13(17(24)27)16(12)18(21,22)23/h1-2,7-8,25H,3-6H2,(H2,24,27). The molecule has 0 unspecified atom stereocenters. The van der Waals surface area contributed by atoms with Crippen LogP contribution in [0.1, 0.15) is 15.9 Å². The number of rotatable bonds is 3. The zero-order valence-electron chi connectivity index (χ0n) is 14.0. The summed E-state index contributed by atoms with van der Waals surface area (Å²) in [5.41, 5.74) is 3.80. The number of hydrogen-bond donors (Lipinski definition) is 2. The lowest BCUT2D eigenvalue weighted by Crippen LogP contribution is -2.43. The van der Waals surface area contributed by atoms with Crippen molar-refractivity contribution < 1.29 is 18.0 Å². The normalized spacial score (nSPS) is 15.1. The van der Waals surface area contributed by atoms with E-state index in [1.54, 1.807) is 0 Å². The first-order chi connectivity index (χ1) is 12.7. The lowest BCUT2D eigenvalue weighted by atomic mass is 9.93. The summed E-state index contributed by atoms with van der Waals surface area (Å²) in [5, 5.41) is 3.49. The van der Waals surface area contributed by atoms with Gasteiger partial charge in [0.2, 0.25) is 5.91 Å². The molecule has 3 N–H and O–H groups in total. The molecule has 1 saturated heterocycles. The summed E-state index contributed by atoms with van der Waals surface area (Å²) in [4.78, 5) is 13.7. The average molecular weight is 417 g/mol. The van der Waals surface area contributed by atoms with Crippen LogP contribution in [0.25, 0.3) is 11.1 Å². The highest BCUT2D eigenvalue weighted by Gasteiger charge is 2.39. The molecule has 1 fully saturated rings. The minimum atomic E-state index is -4.80. The molecular weight excluding hydrogens is 402 g/mol. The smallest absolute Gasteiger partial charge is 0.368 e. The fraction of sp³-hybridized carbons (Fsp3) is 0.278. The fourth-order valence-electron chi connectivity index (χ4n) is 3.02. The fourth-order valence-corrected chi connectivity index (χ4v) is 3.31. The molecule has 3 rings (SSSR count). The van der Waals surface area contributed by atoms with E-state index in [1.807, 2.05) is 4.90 Å². The van der Waals surface area contributed by atoms with Crippen molar-refractivity contribution in [1.82, 2.24) is 5.32 Å². The van der Waals surface area contributed by atoms with E-state index >= 15 is 0 Å². The van der Waals surface area contributed by atoms with Crippen LogP contribution < -0.4 is 16.0 Å². The molecule has 143 valence electrons. The van der Waals surface area contributed by atoms with E-state index in [-0.39, 0.29) is 21.2 Å². The highest BCUT2D eigenvalue weighted by atomic mass is 35.5. The zero-order chi connectivity index (χ0) is 19.8. The molecule has 2 aromatic rings. The largest absolute Gasteiger partial charge is 0.417 e. The minimum absolute atomic E-state index is 0.111. The van der Waals surface area contributed by atoms with Crippen LogP contribution in [0.15, 0.2) is 24.3 Å². The number of carbonyl (C=O) groups is 1. The van der Waals surface area contributed by atoms with Crippen LogP contribution in [-0.4, -0.2) is 32.1 Å². The topological polar surface area (TPSA) is 58.4 Å². The van der Waals surface area contributed by atoms with Gasteiger partial charge >= 0.3 is 6.18 Å². The second-order valence-corrected chi connectivity index (χ2v) is 6.86. The molecule has 1 aliphatic rings. The van der Waals surface area contributed by atoms with Crippen molar-refractivity contribution in [2.24, 2.45) is 5.73 Å². The Balaban J connectivity index is 2.27. The van der Waals surface area contributed by atoms with Gasteiger partial charge in [-0.25, -0.2) is 0 Å². The Bertz CT molecular complexity index is 881. The Morgan fingerprint density at radius 1 is 1.15 bits per heavy atom. The highest BCUT2D eigenvalue weighted by molar-refractivity contribution is 6.42. The second-order valence-electron chi connectivity index (χ2n) is 6.05. The van der Waals surface area contributed by atoms with Gasteiger partial charge < -0.3 is 16.0 Å².